The summed E-state index contributed by atoms with van der Waals surface area (Å²) in [4.78, 5) is 0. The fraction of sp³-hybridized carbons (Fsp3) is 0.571. The Labute approximate surface area is 114 Å². The number of hydrogen-bond acceptors (Lipinski definition) is 4. The number of ether oxygens (including phenoxy) is 2. The van der Waals surface area contributed by atoms with Gasteiger partial charge in [-0.05, 0) is 26.3 Å². The van der Waals surface area contributed by atoms with Gasteiger partial charge in [-0.25, -0.2) is 8.42 Å². The van der Waals surface area contributed by atoms with Gasteiger partial charge in [0.2, 0.25) is 5.79 Å². The van der Waals surface area contributed by atoms with E-state index in [0.717, 1.165) is 5.56 Å². The summed E-state index contributed by atoms with van der Waals surface area (Å²) in [7, 11) is -3.26. The van der Waals surface area contributed by atoms with Crippen molar-refractivity contribution in [2.24, 2.45) is 0 Å². The molecule has 1 saturated heterocycles. The van der Waals surface area contributed by atoms with E-state index in [-0.39, 0.29) is 0 Å². The van der Waals surface area contributed by atoms with Crippen molar-refractivity contribution in [3.05, 3.63) is 35.9 Å². The molecule has 4 nitrogen and oxygen atoms in total. The summed E-state index contributed by atoms with van der Waals surface area (Å²) < 4.78 is 36.1. The number of rotatable bonds is 5. The third kappa shape index (κ3) is 2.10. The highest BCUT2D eigenvalue weighted by Crippen LogP contribution is 2.53. The van der Waals surface area contributed by atoms with Crippen LogP contribution in [0.3, 0.4) is 0 Å². The number of benzene rings is 1. The minimum absolute atomic E-state index is 0.420. The van der Waals surface area contributed by atoms with Crippen molar-refractivity contribution in [3.63, 3.8) is 0 Å². The van der Waals surface area contributed by atoms with Gasteiger partial charge >= 0.3 is 0 Å². The lowest BCUT2D eigenvalue weighted by Crippen LogP contribution is -2.66. The summed E-state index contributed by atoms with van der Waals surface area (Å²) in [6.45, 7) is 6.19. The quantitative estimate of drug-likeness (QED) is 0.779. The van der Waals surface area contributed by atoms with E-state index in [1.54, 1.807) is 19.1 Å². The van der Waals surface area contributed by atoms with Crippen LogP contribution in [0.2, 0.25) is 0 Å². The molecular weight excluding hydrogens is 264 g/mol. The molecule has 1 aliphatic rings. The molecule has 2 rings (SSSR count). The van der Waals surface area contributed by atoms with E-state index in [1.165, 1.54) is 0 Å². The van der Waals surface area contributed by atoms with Crippen molar-refractivity contribution in [1.82, 2.24) is 0 Å². The Bertz CT molecular complexity index is 518. The maximum atomic E-state index is 12.4. The van der Waals surface area contributed by atoms with Gasteiger partial charge in [-0.3, -0.25) is 0 Å². The molecule has 1 aliphatic heterocycles. The molecule has 0 saturated carbocycles. The smallest absolute Gasteiger partial charge is 0.206 e. The predicted octanol–water partition coefficient (Wildman–Crippen LogP) is 2.31. The van der Waals surface area contributed by atoms with Crippen molar-refractivity contribution in [2.75, 3.05) is 13.2 Å². The Morgan fingerprint density at radius 1 is 1.11 bits per heavy atom. The third-order valence-corrected chi connectivity index (χ3v) is 6.17. The molecule has 0 radical (unpaired) electrons. The maximum Gasteiger partial charge on any atom is 0.206 e. The van der Waals surface area contributed by atoms with E-state index >= 15 is 0 Å². The zero-order chi connectivity index (χ0) is 14.1. The van der Waals surface area contributed by atoms with Gasteiger partial charge in [0, 0.05) is 13.2 Å². The molecule has 0 aliphatic carbocycles. The molecule has 5 heteroatoms. The standard InChI is InChI=1S/C14H20O4S/c1-4-17-14(18-5-2)11(3)19(15,16)13(14)12-9-7-6-8-10-12/h6-11,13H,4-5H2,1-3H3. The lowest BCUT2D eigenvalue weighted by Gasteiger charge is -2.52. The fourth-order valence-corrected chi connectivity index (χ4v) is 4.98. The monoisotopic (exact) mass is 284 g/mol. The fourth-order valence-electron chi connectivity index (χ4n) is 2.73. The molecule has 2 atom stereocenters. The highest BCUT2D eigenvalue weighted by Gasteiger charge is 2.67. The van der Waals surface area contributed by atoms with Crippen molar-refractivity contribution in [2.45, 2.75) is 37.1 Å². The van der Waals surface area contributed by atoms with E-state index in [2.05, 4.69) is 0 Å². The third-order valence-electron chi connectivity index (χ3n) is 3.60. The van der Waals surface area contributed by atoms with E-state index < -0.39 is 26.1 Å². The number of sulfone groups is 1. The molecule has 2 unspecified atom stereocenters. The second-order valence-corrected chi connectivity index (χ2v) is 6.97. The number of hydrogen-bond donors (Lipinski definition) is 0. The molecule has 1 heterocycles. The molecule has 0 aromatic heterocycles. The molecule has 1 fully saturated rings. The van der Waals surface area contributed by atoms with Crippen LogP contribution in [-0.4, -0.2) is 32.7 Å². The van der Waals surface area contributed by atoms with Crippen molar-refractivity contribution < 1.29 is 17.9 Å². The summed E-state index contributed by atoms with van der Waals surface area (Å²) >= 11 is 0. The van der Waals surface area contributed by atoms with E-state index in [1.807, 2.05) is 32.0 Å². The summed E-state index contributed by atoms with van der Waals surface area (Å²) in [6, 6.07) is 9.13. The topological polar surface area (TPSA) is 52.6 Å². The Hall–Kier alpha value is -0.910. The van der Waals surface area contributed by atoms with Gasteiger partial charge in [0.15, 0.2) is 9.84 Å². The van der Waals surface area contributed by atoms with Gasteiger partial charge in [0.25, 0.3) is 0 Å². The van der Waals surface area contributed by atoms with E-state index in [4.69, 9.17) is 9.47 Å². The lowest BCUT2D eigenvalue weighted by molar-refractivity contribution is -0.246. The highest BCUT2D eigenvalue weighted by atomic mass is 32.2. The summed E-state index contributed by atoms with van der Waals surface area (Å²) in [6.07, 6.45) is 0. The molecule has 0 bridgehead atoms. The van der Waals surface area contributed by atoms with Crippen molar-refractivity contribution in [1.29, 1.82) is 0 Å². The first kappa shape index (κ1) is 14.5. The van der Waals surface area contributed by atoms with Crippen LogP contribution in [-0.2, 0) is 19.3 Å². The summed E-state index contributed by atoms with van der Waals surface area (Å²) in [5.41, 5.74) is 0.725. The Morgan fingerprint density at radius 2 is 1.63 bits per heavy atom. The molecule has 106 valence electrons. The minimum atomic E-state index is -3.26. The van der Waals surface area contributed by atoms with Gasteiger partial charge in [-0.2, -0.15) is 0 Å². The summed E-state index contributed by atoms with van der Waals surface area (Å²) in [5, 5.41) is -1.39. The molecule has 1 aromatic rings. The molecule has 0 spiro atoms. The predicted molar refractivity (Wildman–Crippen MR) is 73.5 cm³/mol. The van der Waals surface area contributed by atoms with Gasteiger partial charge in [0.05, 0.1) is 0 Å². The van der Waals surface area contributed by atoms with Crippen LogP contribution < -0.4 is 0 Å². The Morgan fingerprint density at radius 3 is 2.11 bits per heavy atom. The van der Waals surface area contributed by atoms with Crippen molar-refractivity contribution >= 4 is 9.84 Å². The first-order chi connectivity index (χ1) is 9.00. The zero-order valence-electron chi connectivity index (χ0n) is 11.5. The van der Waals surface area contributed by atoms with E-state index in [9.17, 15) is 8.42 Å². The normalized spacial score (nSPS) is 27.7. The van der Waals surface area contributed by atoms with Gasteiger partial charge < -0.3 is 9.47 Å². The Kier molecular flexibility index (Phi) is 3.99. The van der Waals surface area contributed by atoms with Gasteiger partial charge in [0.1, 0.15) is 10.5 Å². The second-order valence-electron chi connectivity index (χ2n) is 4.61. The molecule has 0 N–H and O–H groups in total. The van der Waals surface area contributed by atoms with Gasteiger partial charge in [-0.1, -0.05) is 30.3 Å². The van der Waals surface area contributed by atoms with Crippen LogP contribution in [0, 0.1) is 0 Å². The minimum Gasteiger partial charge on any atom is -0.347 e. The lowest BCUT2D eigenvalue weighted by atomic mass is 9.99. The van der Waals surface area contributed by atoms with Crippen molar-refractivity contribution in [3.8, 4) is 0 Å². The van der Waals surface area contributed by atoms with Crippen LogP contribution >= 0.6 is 0 Å². The molecular formula is C14H20O4S. The largest absolute Gasteiger partial charge is 0.347 e. The first-order valence-electron chi connectivity index (χ1n) is 6.56. The van der Waals surface area contributed by atoms with Gasteiger partial charge in [-0.15, -0.1) is 0 Å². The Balaban J connectivity index is 2.47. The zero-order valence-corrected chi connectivity index (χ0v) is 12.3. The average Bonchev–Trinajstić information content (AvgIpc) is 2.39. The maximum absolute atomic E-state index is 12.4. The van der Waals surface area contributed by atoms with Crippen LogP contribution in [0.15, 0.2) is 30.3 Å². The molecule has 19 heavy (non-hydrogen) atoms. The average molecular weight is 284 g/mol. The van der Waals surface area contributed by atoms with Crippen LogP contribution in [0.25, 0.3) is 0 Å². The molecule has 0 amide bonds. The van der Waals surface area contributed by atoms with Crippen LogP contribution in [0.4, 0.5) is 0 Å². The molecule has 1 aromatic carbocycles. The SMILES string of the molecule is CCOC1(OCC)C(C)S(=O)(=O)C1c1ccccc1. The van der Waals surface area contributed by atoms with E-state index in [0.29, 0.717) is 13.2 Å². The summed E-state index contributed by atoms with van der Waals surface area (Å²) in [5.74, 6) is -1.05. The first-order valence-corrected chi connectivity index (χ1v) is 8.17. The second kappa shape index (κ2) is 5.23. The van der Waals surface area contributed by atoms with Crippen LogP contribution in [0.5, 0.6) is 0 Å². The highest BCUT2D eigenvalue weighted by molar-refractivity contribution is 7.94. The van der Waals surface area contributed by atoms with Crippen LogP contribution in [0.1, 0.15) is 31.6 Å².